The van der Waals surface area contributed by atoms with Crippen molar-refractivity contribution in [2.24, 2.45) is 7.05 Å². The Morgan fingerprint density at radius 3 is 3.05 bits per heavy atom. The number of nitrogens with zero attached hydrogens (tertiary/aromatic N) is 2. The van der Waals surface area contributed by atoms with Crippen LogP contribution >= 0.6 is 0 Å². The van der Waals surface area contributed by atoms with Gasteiger partial charge in [0.05, 0.1) is 11.7 Å². The number of amides is 1. The summed E-state index contributed by atoms with van der Waals surface area (Å²) in [5.41, 5.74) is 2.34. The van der Waals surface area contributed by atoms with Crippen molar-refractivity contribution in [2.45, 2.75) is 38.8 Å². The van der Waals surface area contributed by atoms with Crippen LogP contribution in [0.1, 0.15) is 38.4 Å². The lowest BCUT2D eigenvalue weighted by Gasteiger charge is -2.32. The second-order valence-electron chi connectivity index (χ2n) is 5.26. The number of allylic oxidation sites excluding steroid dienone is 1. The van der Waals surface area contributed by atoms with Gasteiger partial charge in [-0.15, -0.1) is 0 Å². The Balaban J connectivity index is 2.09. The van der Waals surface area contributed by atoms with Gasteiger partial charge in [-0.2, -0.15) is 5.10 Å². The molecule has 2 rings (SSSR count). The molecule has 0 aromatic carbocycles. The van der Waals surface area contributed by atoms with Gasteiger partial charge in [0.25, 0.3) is 0 Å². The van der Waals surface area contributed by atoms with Gasteiger partial charge < -0.3 is 10.6 Å². The molecular weight excluding hydrogens is 240 g/mol. The zero-order chi connectivity index (χ0) is 13.8. The van der Waals surface area contributed by atoms with E-state index in [2.05, 4.69) is 35.7 Å². The number of piperidine rings is 1. The van der Waals surface area contributed by atoms with E-state index in [-0.39, 0.29) is 18.0 Å². The average molecular weight is 262 g/mol. The average Bonchev–Trinajstić information content (AvgIpc) is 2.77. The normalized spacial score (nSPS) is 23.0. The largest absolute Gasteiger partial charge is 0.346 e. The van der Waals surface area contributed by atoms with E-state index in [1.807, 2.05) is 17.8 Å². The fraction of sp³-hybridized carbons (Fsp3) is 0.571. The van der Waals surface area contributed by atoms with Crippen LogP contribution in [0.15, 0.2) is 23.9 Å². The van der Waals surface area contributed by atoms with Crippen LogP contribution in [0.3, 0.4) is 0 Å². The van der Waals surface area contributed by atoms with Gasteiger partial charge in [0.15, 0.2) is 0 Å². The molecule has 1 fully saturated rings. The predicted octanol–water partition coefficient (Wildman–Crippen LogP) is 1.30. The molecule has 2 atom stereocenters. The van der Waals surface area contributed by atoms with Crippen LogP contribution in [-0.4, -0.2) is 28.3 Å². The van der Waals surface area contributed by atoms with E-state index >= 15 is 0 Å². The Labute approximate surface area is 114 Å². The summed E-state index contributed by atoms with van der Waals surface area (Å²) in [6.07, 6.45) is 5.37. The van der Waals surface area contributed by atoms with Crippen LogP contribution in [0, 0.1) is 0 Å². The molecular formula is C14H22N4O. The zero-order valence-corrected chi connectivity index (χ0v) is 11.8. The highest BCUT2D eigenvalue weighted by Crippen LogP contribution is 2.23. The Hall–Kier alpha value is -1.62. The summed E-state index contributed by atoms with van der Waals surface area (Å²) in [7, 11) is 1.91. The van der Waals surface area contributed by atoms with E-state index in [1.165, 1.54) is 5.57 Å². The van der Waals surface area contributed by atoms with Crippen molar-refractivity contribution in [1.29, 1.82) is 0 Å². The minimum Gasteiger partial charge on any atom is -0.346 e. The molecule has 5 nitrogen and oxygen atoms in total. The molecule has 1 aromatic rings. The van der Waals surface area contributed by atoms with E-state index in [1.54, 1.807) is 6.20 Å². The lowest BCUT2D eigenvalue weighted by atomic mass is 9.95. The smallest absolute Gasteiger partial charge is 0.220 e. The van der Waals surface area contributed by atoms with E-state index in [4.69, 9.17) is 0 Å². The Morgan fingerprint density at radius 1 is 1.63 bits per heavy atom. The van der Waals surface area contributed by atoms with E-state index < -0.39 is 0 Å². The monoisotopic (exact) mass is 262 g/mol. The number of aromatic nitrogens is 2. The van der Waals surface area contributed by atoms with E-state index in [9.17, 15) is 4.79 Å². The molecule has 0 saturated carbocycles. The number of hydrogen-bond acceptors (Lipinski definition) is 3. The van der Waals surface area contributed by atoms with Crippen LogP contribution in [0.5, 0.6) is 0 Å². The topological polar surface area (TPSA) is 59.0 Å². The third-order valence-electron chi connectivity index (χ3n) is 3.47. The van der Waals surface area contributed by atoms with Gasteiger partial charge in [0, 0.05) is 32.3 Å². The van der Waals surface area contributed by atoms with Crippen LogP contribution in [0.4, 0.5) is 0 Å². The quantitative estimate of drug-likeness (QED) is 0.804. The third-order valence-corrected chi connectivity index (χ3v) is 3.47. The van der Waals surface area contributed by atoms with Gasteiger partial charge >= 0.3 is 0 Å². The van der Waals surface area contributed by atoms with Gasteiger partial charge in [-0.05, 0) is 26.3 Å². The van der Waals surface area contributed by atoms with Gasteiger partial charge in [0.1, 0.15) is 0 Å². The molecule has 0 aliphatic carbocycles. The van der Waals surface area contributed by atoms with E-state index in [0.29, 0.717) is 6.42 Å². The number of rotatable bonds is 4. The van der Waals surface area contributed by atoms with Gasteiger partial charge in [0.2, 0.25) is 5.91 Å². The molecule has 1 saturated heterocycles. The molecule has 0 bridgehead atoms. The Bertz CT molecular complexity index is 474. The SMILES string of the molecule is CC(C)=CCN[C@@H]1CCC(=O)N[C@H]1c1ccnn1C. The lowest BCUT2D eigenvalue weighted by molar-refractivity contribution is -0.124. The predicted molar refractivity (Wildman–Crippen MR) is 74.5 cm³/mol. The number of hydrogen-bond donors (Lipinski definition) is 2. The standard InChI is InChI=1S/C14H22N4O/c1-10(2)6-8-15-11-4-5-13(19)17-14(11)12-7-9-16-18(12)3/h6-7,9,11,14-15H,4-5,8H2,1-3H3,(H,17,19)/t11-,14-/m1/s1. The summed E-state index contributed by atoms with van der Waals surface area (Å²) in [6.45, 7) is 5.00. The van der Waals surface area contributed by atoms with Crippen molar-refractivity contribution in [1.82, 2.24) is 20.4 Å². The van der Waals surface area contributed by atoms with Crippen molar-refractivity contribution in [2.75, 3.05) is 6.54 Å². The minimum atomic E-state index is -0.000637. The summed E-state index contributed by atoms with van der Waals surface area (Å²) in [5, 5.41) is 10.8. The molecule has 2 heterocycles. The first kappa shape index (κ1) is 13.8. The second-order valence-corrected chi connectivity index (χ2v) is 5.26. The molecule has 19 heavy (non-hydrogen) atoms. The van der Waals surface area contributed by atoms with Crippen molar-refractivity contribution >= 4 is 5.91 Å². The van der Waals surface area contributed by atoms with E-state index in [0.717, 1.165) is 18.7 Å². The maximum absolute atomic E-state index is 11.6. The summed E-state index contributed by atoms with van der Waals surface area (Å²) in [6, 6.07) is 2.22. The van der Waals surface area contributed by atoms with Crippen molar-refractivity contribution < 1.29 is 4.79 Å². The number of nitrogens with one attached hydrogen (secondary N) is 2. The fourth-order valence-corrected chi connectivity index (χ4v) is 2.40. The second kappa shape index (κ2) is 6.02. The minimum absolute atomic E-state index is 0.000637. The molecule has 104 valence electrons. The van der Waals surface area contributed by atoms with Crippen LogP contribution in [0.25, 0.3) is 0 Å². The molecule has 1 aromatic heterocycles. The van der Waals surface area contributed by atoms with Gasteiger partial charge in [-0.3, -0.25) is 9.48 Å². The molecule has 1 aliphatic rings. The Kier molecular flexibility index (Phi) is 4.37. The first-order chi connectivity index (χ1) is 9.08. The molecule has 1 aliphatic heterocycles. The Morgan fingerprint density at radius 2 is 2.42 bits per heavy atom. The number of carbonyl (C=O) groups is 1. The number of carbonyl (C=O) groups excluding carboxylic acids is 1. The lowest BCUT2D eigenvalue weighted by Crippen LogP contribution is -2.49. The highest BCUT2D eigenvalue weighted by atomic mass is 16.1. The molecule has 2 N–H and O–H groups in total. The molecule has 0 unspecified atom stereocenters. The highest BCUT2D eigenvalue weighted by Gasteiger charge is 2.30. The molecule has 1 amide bonds. The maximum Gasteiger partial charge on any atom is 0.220 e. The first-order valence-electron chi connectivity index (χ1n) is 6.72. The summed E-state index contributed by atoms with van der Waals surface area (Å²) in [4.78, 5) is 11.6. The van der Waals surface area contributed by atoms with Crippen molar-refractivity contribution in [3.05, 3.63) is 29.6 Å². The first-order valence-corrected chi connectivity index (χ1v) is 6.72. The number of aryl methyl sites for hydroxylation is 1. The van der Waals surface area contributed by atoms with Crippen molar-refractivity contribution in [3.63, 3.8) is 0 Å². The highest BCUT2D eigenvalue weighted by molar-refractivity contribution is 5.77. The summed E-state index contributed by atoms with van der Waals surface area (Å²) in [5.74, 6) is 0.117. The summed E-state index contributed by atoms with van der Waals surface area (Å²) >= 11 is 0. The maximum atomic E-state index is 11.6. The third kappa shape index (κ3) is 3.44. The van der Waals surface area contributed by atoms with Crippen molar-refractivity contribution in [3.8, 4) is 0 Å². The zero-order valence-electron chi connectivity index (χ0n) is 11.8. The molecule has 0 spiro atoms. The van der Waals surface area contributed by atoms with Gasteiger partial charge in [-0.25, -0.2) is 0 Å². The molecule has 5 heteroatoms. The van der Waals surface area contributed by atoms with Gasteiger partial charge in [-0.1, -0.05) is 11.6 Å². The fourth-order valence-electron chi connectivity index (χ4n) is 2.40. The van der Waals surface area contributed by atoms with Crippen LogP contribution in [-0.2, 0) is 11.8 Å². The summed E-state index contributed by atoms with van der Waals surface area (Å²) < 4.78 is 1.83. The van der Waals surface area contributed by atoms with Crippen LogP contribution in [0.2, 0.25) is 0 Å². The van der Waals surface area contributed by atoms with Crippen LogP contribution < -0.4 is 10.6 Å². The molecule has 0 radical (unpaired) electrons.